The number of nitrogens with one attached hydrogen (secondary N) is 1. The summed E-state index contributed by atoms with van der Waals surface area (Å²) in [5.74, 6) is 1.27. The topological polar surface area (TPSA) is 41.6 Å². The number of likely N-dealkylation sites (tertiary alicyclic amines) is 1. The highest BCUT2D eigenvalue weighted by atomic mass is 16.5. The number of rotatable bonds is 7. The molecule has 1 rings (SSSR count). The molecule has 112 valence electrons. The van der Waals surface area contributed by atoms with Gasteiger partial charge in [-0.25, -0.2) is 0 Å². The van der Waals surface area contributed by atoms with Crippen molar-refractivity contribution in [2.45, 2.75) is 46.6 Å². The number of carbonyl (C=O) groups excluding carboxylic acids is 1. The molecule has 0 radical (unpaired) electrons. The van der Waals surface area contributed by atoms with Gasteiger partial charge in [-0.15, -0.1) is 0 Å². The summed E-state index contributed by atoms with van der Waals surface area (Å²) in [6.07, 6.45) is 2.44. The Kier molecular flexibility index (Phi) is 7.39. The Morgan fingerprint density at radius 1 is 1.37 bits per heavy atom. The van der Waals surface area contributed by atoms with Gasteiger partial charge in [-0.3, -0.25) is 9.69 Å². The Morgan fingerprint density at radius 3 is 2.74 bits per heavy atom. The van der Waals surface area contributed by atoms with Gasteiger partial charge in [0.05, 0.1) is 12.6 Å². The summed E-state index contributed by atoms with van der Waals surface area (Å²) in [4.78, 5) is 13.9. The molecule has 1 heterocycles. The Morgan fingerprint density at radius 2 is 2.11 bits per heavy atom. The van der Waals surface area contributed by atoms with E-state index in [0.29, 0.717) is 18.4 Å². The van der Waals surface area contributed by atoms with Gasteiger partial charge in [0.25, 0.3) is 0 Å². The standard InChI is InChI=1S/C15H30N2O2/c1-12(2)8-16-9-14-6-5-7-17(10-14)11-15(18)19-13(3)4/h12-14,16H,5-11H2,1-4H3. The first-order valence-electron chi connectivity index (χ1n) is 7.60. The van der Waals surface area contributed by atoms with Crippen LogP contribution >= 0.6 is 0 Å². The second-order valence-electron chi connectivity index (χ2n) is 6.33. The van der Waals surface area contributed by atoms with Crippen molar-refractivity contribution in [1.82, 2.24) is 10.2 Å². The van der Waals surface area contributed by atoms with Gasteiger partial charge in [-0.1, -0.05) is 13.8 Å². The van der Waals surface area contributed by atoms with E-state index in [0.717, 1.165) is 26.2 Å². The Labute approximate surface area is 117 Å². The quantitative estimate of drug-likeness (QED) is 0.717. The van der Waals surface area contributed by atoms with Crippen LogP contribution in [0.4, 0.5) is 0 Å². The summed E-state index contributed by atoms with van der Waals surface area (Å²) < 4.78 is 5.20. The van der Waals surface area contributed by atoms with Crippen LogP contribution in [0.3, 0.4) is 0 Å². The number of esters is 1. The van der Waals surface area contributed by atoms with Crippen molar-refractivity contribution in [2.75, 3.05) is 32.7 Å². The maximum atomic E-state index is 11.7. The van der Waals surface area contributed by atoms with Gasteiger partial charge in [0.15, 0.2) is 0 Å². The molecule has 0 aromatic heterocycles. The molecule has 1 aliphatic heterocycles. The van der Waals surface area contributed by atoms with Gasteiger partial charge in [0, 0.05) is 6.54 Å². The van der Waals surface area contributed by atoms with Crippen LogP contribution in [0, 0.1) is 11.8 Å². The zero-order valence-electron chi connectivity index (χ0n) is 12.9. The Balaban J connectivity index is 2.23. The predicted octanol–water partition coefficient (Wildman–Crippen LogP) is 1.90. The first kappa shape index (κ1) is 16.4. The Hall–Kier alpha value is -0.610. The molecule has 0 spiro atoms. The van der Waals surface area contributed by atoms with Gasteiger partial charge in [-0.05, 0) is 58.2 Å². The van der Waals surface area contributed by atoms with E-state index in [1.165, 1.54) is 12.8 Å². The van der Waals surface area contributed by atoms with E-state index in [9.17, 15) is 4.79 Å². The van der Waals surface area contributed by atoms with Crippen molar-refractivity contribution in [3.05, 3.63) is 0 Å². The molecule has 19 heavy (non-hydrogen) atoms. The SMILES string of the molecule is CC(C)CNCC1CCCN(CC(=O)OC(C)C)C1. The molecule has 0 bridgehead atoms. The molecule has 1 unspecified atom stereocenters. The van der Waals surface area contributed by atoms with Crippen LogP contribution in [0.2, 0.25) is 0 Å². The van der Waals surface area contributed by atoms with E-state index in [1.54, 1.807) is 0 Å². The van der Waals surface area contributed by atoms with E-state index >= 15 is 0 Å². The van der Waals surface area contributed by atoms with Crippen molar-refractivity contribution >= 4 is 5.97 Å². The highest BCUT2D eigenvalue weighted by molar-refractivity contribution is 5.71. The van der Waals surface area contributed by atoms with Crippen LogP contribution in [-0.2, 0) is 9.53 Å². The summed E-state index contributed by atoms with van der Waals surface area (Å²) in [5, 5.41) is 3.52. The monoisotopic (exact) mass is 270 g/mol. The molecule has 1 aliphatic rings. The van der Waals surface area contributed by atoms with Gasteiger partial charge < -0.3 is 10.1 Å². The lowest BCUT2D eigenvalue weighted by Crippen LogP contribution is -2.43. The minimum Gasteiger partial charge on any atom is -0.462 e. The van der Waals surface area contributed by atoms with Crippen LogP contribution in [0.5, 0.6) is 0 Å². The summed E-state index contributed by atoms with van der Waals surface area (Å²) in [6, 6.07) is 0. The largest absolute Gasteiger partial charge is 0.462 e. The average Bonchev–Trinajstić information content (AvgIpc) is 2.27. The maximum absolute atomic E-state index is 11.7. The molecule has 0 aliphatic carbocycles. The lowest BCUT2D eigenvalue weighted by atomic mass is 9.98. The maximum Gasteiger partial charge on any atom is 0.320 e. The number of ether oxygens (including phenoxy) is 1. The van der Waals surface area contributed by atoms with E-state index in [-0.39, 0.29) is 12.1 Å². The van der Waals surface area contributed by atoms with E-state index in [2.05, 4.69) is 24.1 Å². The summed E-state index contributed by atoms with van der Waals surface area (Å²) in [6.45, 7) is 12.9. The van der Waals surface area contributed by atoms with Gasteiger partial charge in [0.1, 0.15) is 0 Å². The van der Waals surface area contributed by atoms with Crippen LogP contribution < -0.4 is 5.32 Å². The number of hydrogen-bond acceptors (Lipinski definition) is 4. The molecule has 1 fully saturated rings. The van der Waals surface area contributed by atoms with Crippen LogP contribution in [0.1, 0.15) is 40.5 Å². The molecule has 4 nitrogen and oxygen atoms in total. The number of piperidine rings is 1. The molecule has 1 N–H and O–H groups in total. The molecular weight excluding hydrogens is 240 g/mol. The fourth-order valence-electron chi connectivity index (χ4n) is 2.52. The van der Waals surface area contributed by atoms with Crippen molar-refractivity contribution in [1.29, 1.82) is 0 Å². The summed E-state index contributed by atoms with van der Waals surface area (Å²) >= 11 is 0. The molecule has 0 amide bonds. The van der Waals surface area contributed by atoms with E-state index in [4.69, 9.17) is 4.74 Å². The van der Waals surface area contributed by atoms with Crippen LogP contribution in [0.25, 0.3) is 0 Å². The third-order valence-corrected chi connectivity index (χ3v) is 3.31. The van der Waals surface area contributed by atoms with Gasteiger partial charge in [-0.2, -0.15) is 0 Å². The fraction of sp³-hybridized carbons (Fsp3) is 0.933. The minimum absolute atomic E-state index is 0.0132. The Bertz CT molecular complexity index is 267. The second-order valence-corrected chi connectivity index (χ2v) is 6.33. The molecule has 0 aromatic carbocycles. The second kappa shape index (κ2) is 8.54. The zero-order valence-corrected chi connectivity index (χ0v) is 12.9. The first-order chi connectivity index (χ1) is 8.97. The number of carbonyl (C=O) groups is 1. The highest BCUT2D eigenvalue weighted by Gasteiger charge is 2.22. The summed E-state index contributed by atoms with van der Waals surface area (Å²) in [5.41, 5.74) is 0. The highest BCUT2D eigenvalue weighted by Crippen LogP contribution is 2.15. The number of nitrogens with zero attached hydrogens (tertiary/aromatic N) is 1. The molecule has 1 saturated heterocycles. The van der Waals surface area contributed by atoms with Crippen molar-refractivity contribution in [3.8, 4) is 0 Å². The van der Waals surface area contributed by atoms with Crippen LogP contribution in [-0.4, -0.2) is 49.7 Å². The normalized spacial score (nSPS) is 21.1. The lowest BCUT2D eigenvalue weighted by Gasteiger charge is -2.32. The van der Waals surface area contributed by atoms with Gasteiger partial charge >= 0.3 is 5.97 Å². The predicted molar refractivity (Wildman–Crippen MR) is 78.1 cm³/mol. The molecule has 0 aromatic rings. The summed E-state index contributed by atoms with van der Waals surface area (Å²) in [7, 11) is 0. The fourth-order valence-corrected chi connectivity index (χ4v) is 2.52. The van der Waals surface area contributed by atoms with Crippen LogP contribution in [0.15, 0.2) is 0 Å². The average molecular weight is 270 g/mol. The lowest BCUT2D eigenvalue weighted by molar-refractivity contribution is -0.149. The zero-order chi connectivity index (χ0) is 14.3. The third kappa shape index (κ3) is 7.53. The molecule has 4 heteroatoms. The first-order valence-corrected chi connectivity index (χ1v) is 7.60. The van der Waals surface area contributed by atoms with Gasteiger partial charge in [0.2, 0.25) is 0 Å². The number of hydrogen-bond donors (Lipinski definition) is 1. The minimum atomic E-state index is -0.0919. The van der Waals surface area contributed by atoms with Crippen molar-refractivity contribution in [2.24, 2.45) is 11.8 Å². The molecule has 1 atom stereocenters. The smallest absolute Gasteiger partial charge is 0.320 e. The molecule has 0 saturated carbocycles. The van der Waals surface area contributed by atoms with Crippen molar-refractivity contribution < 1.29 is 9.53 Å². The van der Waals surface area contributed by atoms with Crippen molar-refractivity contribution in [3.63, 3.8) is 0 Å². The third-order valence-electron chi connectivity index (χ3n) is 3.31. The van der Waals surface area contributed by atoms with E-state index in [1.807, 2.05) is 13.8 Å². The molecular formula is C15H30N2O2. The van der Waals surface area contributed by atoms with E-state index < -0.39 is 0 Å².